The number of nitrogens with zero attached hydrogens (tertiary/aromatic N) is 1. The molecule has 3 nitrogen and oxygen atoms in total. The Balaban J connectivity index is 1.60. The van der Waals surface area contributed by atoms with Crippen LogP contribution < -0.4 is 5.32 Å². The smallest absolute Gasteiger partial charge is 0.120 e. The Hall–Kier alpha value is -0.830. The van der Waals surface area contributed by atoms with E-state index in [1.54, 1.807) is 0 Å². The summed E-state index contributed by atoms with van der Waals surface area (Å²) in [6.45, 7) is 2.95. The quantitative estimate of drug-likeness (QED) is 0.764. The normalized spacial score (nSPS) is 34.5. The first-order valence-electron chi connectivity index (χ1n) is 5.54. The molecular weight excluding hydrogens is 174 g/mol. The Morgan fingerprint density at radius 3 is 3.21 bits per heavy atom. The Morgan fingerprint density at radius 1 is 1.71 bits per heavy atom. The van der Waals surface area contributed by atoms with Crippen LogP contribution in [-0.2, 0) is 6.54 Å². The molecule has 2 saturated carbocycles. The molecule has 0 aromatic carbocycles. The molecule has 1 aromatic rings. The van der Waals surface area contributed by atoms with Gasteiger partial charge in [0, 0.05) is 17.4 Å². The summed E-state index contributed by atoms with van der Waals surface area (Å²) < 4.78 is 0. The van der Waals surface area contributed by atoms with Gasteiger partial charge >= 0.3 is 0 Å². The van der Waals surface area contributed by atoms with E-state index >= 15 is 0 Å². The molecule has 0 bridgehead atoms. The van der Waals surface area contributed by atoms with Crippen LogP contribution in [0, 0.1) is 12.8 Å². The highest BCUT2D eigenvalue weighted by Gasteiger charge is 2.56. The fourth-order valence-corrected chi connectivity index (χ4v) is 2.85. The molecule has 1 heterocycles. The van der Waals surface area contributed by atoms with E-state index in [0.717, 1.165) is 24.0 Å². The second-order valence-corrected chi connectivity index (χ2v) is 4.82. The molecule has 3 heteroatoms. The van der Waals surface area contributed by atoms with Crippen molar-refractivity contribution in [2.45, 2.75) is 44.7 Å². The van der Waals surface area contributed by atoms with Crippen LogP contribution in [0.25, 0.3) is 0 Å². The minimum absolute atomic E-state index is 0.515. The molecule has 0 saturated heterocycles. The van der Waals surface area contributed by atoms with E-state index in [0.29, 0.717) is 5.54 Å². The maximum absolute atomic E-state index is 4.31. The van der Waals surface area contributed by atoms with Gasteiger partial charge in [-0.1, -0.05) is 6.42 Å². The van der Waals surface area contributed by atoms with Gasteiger partial charge in [0.25, 0.3) is 0 Å². The van der Waals surface area contributed by atoms with Gasteiger partial charge in [-0.25, -0.2) is 4.98 Å². The van der Waals surface area contributed by atoms with Crippen molar-refractivity contribution in [3.8, 4) is 0 Å². The molecule has 14 heavy (non-hydrogen) atoms. The second kappa shape index (κ2) is 2.83. The summed E-state index contributed by atoms with van der Waals surface area (Å²) in [6.07, 6.45) is 7.51. The van der Waals surface area contributed by atoms with E-state index in [-0.39, 0.29) is 0 Å². The summed E-state index contributed by atoms with van der Waals surface area (Å²) in [6, 6.07) is 0. The maximum Gasteiger partial charge on any atom is 0.120 e. The van der Waals surface area contributed by atoms with Gasteiger partial charge in [0.15, 0.2) is 0 Å². The molecule has 2 N–H and O–H groups in total. The van der Waals surface area contributed by atoms with Gasteiger partial charge in [0.2, 0.25) is 0 Å². The molecule has 2 aliphatic carbocycles. The lowest BCUT2D eigenvalue weighted by Gasteiger charge is -2.12. The lowest BCUT2D eigenvalue weighted by atomic mass is 10.2. The van der Waals surface area contributed by atoms with Crippen molar-refractivity contribution in [2.75, 3.05) is 0 Å². The van der Waals surface area contributed by atoms with E-state index < -0.39 is 0 Å². The molecule has 3 rings (SSSR count). The molecule has 2 fully saturated rings. The summed E-state index contributed by atoms with van der Waals surface area (Å²) in [5.41, 5.74) is 1.67. The first-order valence-corrected chi connectivity index (χ1v) is 5.54. The molecule has 0 aliphatic heterocycles. The summed E-state index contributed by atoms with van der Waals surface area (Å²) in [5.74, 6) is 2.05. The molecule has 2 atom stereocenters. The Morgan fingerprint density at radius 2 is 2.64 bits per heavy atom. The Labute approximate surface area is 84.3 Å². The van der Waals surface area contributed by atoms with Crippen LogP contribution in [0.5, 0.6) is 0 Å². The van der Waals surface area contributed by atoms with Gasteiger partial charge < -0.3 is 10.3 Å². The van der Waals surface area contributed by atoms with E-state index in [1.165, 1.54) is 25.7 Å². The zero-order valence-electron chi connectivity index (χ0n) is 8.64. The molecule has 2 aliphatic rings. The monoisotopic (exact) mass is 191 g/mol. The Kier molecular flexibility index (Phi) is 1.71. The van der Waals surface area contributed by atoms with E-state index in [4.69, 9.17) is 0 Å². The number of aryl methyl sites for hydroxylation is 1. The molecule has 0 radical (unpaired) electrons. The third-order valence-corrected chi connectivity index (χ3v) is 3.77. The SMILES string of the molecule is Cc1cnc(CNC23CCCC2C3)[nH]1. The number of rotatable bonds is 3. The lowest BCUT2D eigenvalue weighted by molar-refractivity contribution is 0.472. The minimum Gasteiger partial charge on any atom is -0.345 e. The van der Waals surface area contributed by atoms with Crippen LogP contribution in [0.3, 0.4) is 0 Å². The van der Waals surface area contributed by atoms with E-state index in [1.807, 2.05) is 13.1 Å². The van der Waals surface area contributed by atoms with Gasteiger partial charge in [-0.3, -0.25) is 0 Å². The van der Waals surface area contributed by atoms with Crippen LogP contribution in [0.4, 0.5) is 0 Å². The summed E-state index contributed by atoms with van der Waals surface area (Å²) in [5, 5.41) is 3.67. The van der Waals surface area contributed by atoms with Crippen molar-refractivity contribution in [3.63, 3.8) is 0 Å². The number of nitrogens with one attached hydrogen (secondary N) is 2. The zero-order chi connectivity index (χ0) is 9.60. The maximum atomic E-state index is 4.31. The van der Waals surface area contributed by atoms with Gasteiger partial charge in [-0.15, -0.1) is 0 Å². The van der Waals surface area contributed by atoms with Gasteiger partial charge in [0.1, 0.15) is 5.82 Å². The van der Waals surface area contributed by atoms with Crippen LogP contribution in [0.2, 0.25) is 0 Å². The predicted molar refractivity (Wildman–Crippen MR) is 54.9 cm³/mol. The lowest BCUT2D eigenvalue weighted by Crippen LogP contribution is -2.30. The van der Waals surface area contributed by atoms with Gasteiger partial charge in [-0.05, 0) is 32.1 Å². The number of H-pyrrole nitrogens is 1. The number of hydrogen-bond donors (Lipinski definition) is 2. The molecule has 0 amide bonds. The second-order valence-electron chi connectivity index (χ2n) is 4.82. The van der Waals surface area contributed by atoms with Crippen LogP contribution in [0.15, 0.2) is 6.20 Å². The number of fused-ring (bicyclic) bond motifs is 1. The van der Waals surface area contributed by atoms with Crippen molar-refractivity contribution in [1.82, 2.24) is 15.3 Å². The van der Waals surface area contributed by atoms with Gasteiger partial charge in [-0.2, -0.15) is 0 Å². The molecule has 0 spiro atoms. The zero-order valence-corrected chi connectivity index (χ0v) is 8.64. The Bertz CT molecular complexity index is 344. The number of hydrogen-bond acceptors (Lipinski definition) is 2. The first-order chi connectivity index (χ1) is 6.78. The van der Waals surface area contributed by atoms with Crippen molar-refractivity contribution < 1.29 is 0 Å². The highest BCUT2D eigenvalue weighted by Crippen LogP contribution is 2.55. The van der Waals surface area contributed by atoms with Crippen LogP contribution >= 0.6 is 0 Å². The predicted octanol–water partition coefficient (Wildman–Crippen LogP) is 1.75. The summed E-state index contributed by atoms with van der Waals surface area (Å²) in [7, 11) is 0. The summed E-state index contributed by atoms with van der Waals surface area (Å²) in [4.78, 5) is 7.57. The summed E-state index contributed by atoms with van der Waals surface area (Å²) >= 11 is 0. The fourth-order valence-electron chi connectivity index (χ4n) is 2.85. The van der Waals surface area contributed by atoms with Crippen molar-refractivity contribution in [3.05, 3.63) is 17.7 Å². The average Bonchev–Trinajstić information content (AvgIpc) is 2.57. The number of imidazole rings is 1. The molecule has 2 unspecified atom stereocenters. The first kappa shape index (κ1) is 8.48. The molecule has 76 valence electrons. The number of aromatic nitrogens is 2. The third kappa shape index (κ3) is 1.27. The van der Waals surface area contributed by atoms with E-state index in [2.05, 4.69) is 15.3 Å². The molecule has 1 aromatic heterocycles. The van der Waals surface area contributed by atoms with Crippen molar-refractivity contribution in [1.29, 1.82) is 0 Å². The van der Waals surface area contributed by atoms with Crippen molar-refractivity contribution in [2.24, 2.45) is 5.92 Å². The highest BCUT2D eigenvalue weighted by molar-refractivity contribution is 5.14. The highest BCUT2D eigenvalue weighted by atomic mass is 15.1. The largest absolute Gasteiger partial charge is 0.345 e. The molecular formula is C11H17N3. The minimum atomic E-state index is 0.515. The van der Waals surface area contributed by atoms with Gasteiger partial charge in [0.05, 0.1) is 6.54 Å². The van der Waals surface area contributed by atoms with Crippen LogP contribution in [-0.4, -0.2) is 15.5 Å². The van der Waals surface area contributed by atoms with E-state index in [9.17, 15) is 0 Å². The van der Waals surface area contributed by atoms with Crippen molar-refractivity contribution >= 4 is 0 Å². The fraction of sp³-hybridized carbons (Fsp3) is 0.727. The number of aromatic amines is 1. The van der Waals surface area contributed by atoms with Crippen LogP contribution in [0.1, 0.15) is 37.2 Å². The third-order valence-electron chi connectivity index (χ3n) is 3.77. The standard InChI is InChI=1S/C11H17N3/c1-8-6-12-10(14-8)7-13-11-4-2-3-9(11)5-11/h6,9,13H,2-5,7H2,1H3,(H,12,14). The average molecular weight is 191 g/mol. The topological polar surface area (TPSA) is 40.7 Å².